The molecule has 3 atom stereocenters. The van der Waals surface area contributed by atoms with Gasteiger partial charge in [0.15, 0.2) is 11.6 Å². The molecule has 2 nitrogen and oxygen atoms in total. The number of hydrogen-bond donors (Lipinski definition) is 1. The van der Waals surface area contributed by atoms with E-state index in [1.54, 1.807) is 7.11 Å². The molecule has 1 saturated carbocycles. The standard InChI is InChI=1S/C16H22F2O2/c1-11-5-4-8-16(10-11,20-2)14(19)9-12-6-3-7-13(17)15(12)18/h3,6-7,11,14,19H,4-5,8-10H2,1-2H3. The monoisotopic (exact) mass is 284 g/mol. The second-order valence-electron chi connectivity index (χ2n) is 5.90. The molecule has 0 saturated heterocycles. The van der Waals surface area contributed by atoms with Crippen molar-refractivity contribution in [1.82, 2.24) is 0 Å². The number of methoxy groups -OCH3 is 1. The van der Waals surface area contributed by atoms with E-state index in [2.05, 4.69) is 6.92 Å². The van der Waals surface area contributed by atoms with Crippen molar-refractivity contribution in [3.63, 3.8) is 0 Å². The van der Waals surface area contributed by atoms with E-state index in [9.17, 15) is 13.9 Å². The Bertz CT molecular complexity index is 464. The third-order valence-electron chi connectivity index (χ3n) is 4.45. The molecule has 1 aliphatic carbocycles. The van der Waals surface area contributed by atoms with Crippen LogP contribution in [0.3, 0.4) is 0 Å². The van der Waals surface area contributed by atoms with Crippen LogP contribution in [0.1, 0.15) is 38.2 Å². The van der Waals surface area contributed by atoms with E-state index in [-0.39, 0.29) is 12.0 Å². The molecule has 1 aliphatic rings. The molecule has 1 N–H and O–H groups in total. The molecule has 0 radical (unpaired) electrons. The Morgan fingerprint density at radius 2 is 2.20 bits per heavy atom. The van der Waals surface area contributed by atoms with Gasteiger partial charge in [-0.2, -0.15) is 0 Å². The average Bonchev–Trinajstić information content (AvgIpc) is 2.43. The lowest BCUT2D eigenvalue weighted by Crippen LogP contribution is -2.48. The first kappa shape index (κ1) is 15.4. The van der Waals surface area contributed by atoms with Crippen molar-refractivity contribution in [1.29, 1.82) is 0 Å². The number of ether oxygens (including phenoxy) is 1. The first-order chi connectivity index (χ1) is 9.48. The summed E-state index contributed by atoms with van der Waals surface area (Å²) in [5, 5.41) is 10.5. The minimum absolute atomic E-state index is 0.0736. The van der Waals surface area contributed by atoms with E-state index in [0.29, 0.717) is 5.92 Å². The fourth-order valence-corrected chi connectivity index (χ4v) is 3.27. The van der Waals surface area contributed by atoms with Crippen LogP contribution in [0, 0.1) is 17.6 Å². The first-order valence-electron chi connectivity index (χ1n) is 7.14. The largest absolute Gasteiger partial charge is 0.390 e. The van der Waals surface area contributed by atoms with E-state index in [0.717, 1.165) is 31.7 Å². The molecular formula is C16H22F2O2. The smallest absolute Gasteiger partial charge is 0.162 e. The number of aliphatic hydroxyl groups is 1. The zero-order valence-corrected chi connectivity index (χ0v) is 12.0. The molecule has 0 heterocycles. The van der Waals surface area contributed by atoms with Gasteiger partial charge in [-0.25, -0.2) is 8.78 Å². The number of hydrogen-bond acceptors (Lipinski definition) is 2. The van der Waals surface area contributed by atoms with E-state index < -0.39 is 23.3 Å². The molecule has 112 valence electrons. The average molecular weight is 284 g/mol. The van der Waals surface area contributed by atoms with Gasteiger partial charge in [0, 0.05) is 13.5 Å². The predicted octanol–water partition coefficient (Wildman–Crippen LogP) is 3.46. The van der Waals surface area contributed by atoms with Crippen molar-refractivity contribution < 1.29 is 18.6 Å². The molecule has 1 aromatic carbocycles. The Morgan fingerprint density at radius 3 is 2.85 bits per heavy atom. The molecule has 0 aromatic heterocycles. The van der Waals surface area contributed by atoms with Crippen LogP contribution in [-0.4, -0.2) is 23.9 Å². The van der Waals surface area contributed by atoms with Crippen LogP contribution in [0.2, 0.25) is 0 Å². The highest BCUT2D eigenvalue weighted by Gasteiger charge is 2.41. The molecule has 2 rings (SSSR count). The maximum absolute atomic E-state index is 13.7. The van der Waals surface area contributed by atoms with Gasteiger partial charge in [0.05, 0.1) is 11.7 Å². The lowest BCUT2D eigenvalue weighted by molar-refractivity contribution is -0.131. The van der Waals surface area contributed by atoms with Crippen molar-refractivity contribution >= 4 is 0 Å². The van der Waals surface area contributed by atoms with Crippen molar-refractivity contribution in [3.05, 3.63) is 35.4 Å². The summed E-state index contributed by atoms with van der Waals surface area (Å²) in [6.45, 7) is 2.13. The minimum atomic E-state index is -0.877. The van der Waals surface area contributed by atoms with Gasteiger partial charge in [-0.3, -0.25) is 0 Å². The lowest BCUT2D eigenvalue weighted by Gasteiger charge is -2.42. The number of halogens is 2. The van der Waals surface area contributed by atoms with Crippen LogP contribution in [0.25, 0.3) is 0 Å². The second kappa shape index (κ2) is 6.19. The van der Waals surface area contributed by atoms with Gasteiger partial charge in [-0.15, -0.1) is 0 Å². The maximum Gasteiger partial charge on any atom is 0.162 e. The van der Waals surface area contributed by atoms with Crippen LogP contribution in [0.15, 0.2) is 18.2 Å². The Kier molecular flexibility index (Phi) is 4.76. The van der Waals surface area contributed by atoms with Crippen molar-refractivity contribution in [2.75, 3.05) is 7.11 Å². The lowest BCUT2D eigenvalue weighted by atomic mass is 9.74. The van der Waals surface area contributed by atoms with Crippen LogP contribution in [0.4, 0.5) is 8.78 Å². The van der Waals surface area contributed by atoms with Crippen molar-refractivity contribution in [2.45, 2.75) is 50.7 Å². The fraction of sp³-hybridized carbons (Fsp3) is 0.625. The fourth-order valence-electron chi connectivity index (χ4n) is 3.27. The highest BCUT2D eigenvalue weighted by molar-refractivity contribution is 5.20. The molecule has 0 aliphatic heterocycles. The molecule has 1 aromatic rings. The SMILES string of the molecule is COC1(C(O)Cc2cccc(F)c2F)CCCC(C)C1. The number of benzene rings is 1. The normalized spacial score (nSPS) is 28.4. The Morgan fingerprint density at radius 1 is 1.45 bits per heavy atom. The summed E-state index contributed by atoms with van der Waals surface area (Å²) in [5.41, 5.74) is -0.441. The van der Waals surface area contributed by atoms with E-state index in [1.165, 1.54) is 12.1 Å². The first-order valence-corrected chi connectivity index (χ1v) is 7.14. The van der Waals surface area contributed by atoms with E-state index in [1.807, 2.05) is 0 Å². The maximum atomic E-state index is 13.7. The van der Waals surface area contributed by atoms with Crippen LogP contribution < -0.4 is 0 Å². The van der Waals surface area contributed by atoms with Gasteiger partial charge >= 0.3 is 0 Å². The van der Waals surface area contributed by atoms with Gasteiger partial charge < -0.3 is 9.84 Å². The summed E-state index contributed by atoms with van der Waals surface area (Å²) < 4.78 is 32.5. The van der Waals surface area contributed by atoms with Crippen molar-refractivity contribution in [3.8, 4) is 0 Å². The third kappa shape index (κ3) is 3.01. The number of aliphatic hydroxyl groups excluding tert-OH is 1. The van der Waals surface area contributed by atoms with Gasteiger partial charge in [-0.1, -0.05) is 31.9 Å². The molecule has 0 bridgehead atoms. The third-order valence-corrected chi connectivity index (χ3v) is 4.45. The molecule has 0 spiro atoms. The number of rotatable bonds is 4. The van der Waals surface area contributed by atoms with E-state index >= 15 is 0 Å². The molecule has 3 unspecified atom stereocenters. The Hall–Kier alpha value is -1.00. The van der Waals surface area contributed by atoms with Gasteiger partial charge in [0.1, 0.15) is 0 Å². The van der Waals surface area contributed by atoms with E-state index in [4.69, 9.17) is 4.74 Å². The Balaban J connectivity index is 2.17. The summed E-state index contributed by atoms with van der Waals surface area (Å²) >= 11 is 0. The molecule has 0 amide bonds. The van der Waals surface area contributed by atoms with Gasteiger partial charge in [-0.05, 0) is 30.4 Å². The zero-order valence-electron chi connectivity index (χ0n) is 12.0. The minimum Gasteiger partial charge on any atom is -0.390 e. The molecule has 4 heteroatoms. The summed E-state index contributed by atoms with van der Waals surface area (Å²) in [5.74, 6) is -1.28. The second-order valence-corrected chi connectivity index (χ2v) is 5.90. The zero-order chi connectivity index (χ0) is 14.8. The molecule has 1 fully saturated rings. The highest BCUT2D eigenvalue weighted by Crippen LogP contribution is 2.38. The summed E-state index contributed by atoms with van der Waals surface area (Å²) in [6.07, 6.45) is 2.85. The highest BCUT2D eigenvalue weighted by atomic mass is 19.2. The van der Waals surface area contributed by atoms with Crippen LogP contribution >= 0.6 is 0 Å². The summed E-state index contributed by atoms with van der Waals surface area (Å²) in [7, 11) is 1.59. The summed E-state index contributed by atoms with van der Waals surface area (Å²) in [4.78, 5) is 0. The Labute approximate surface area is 118 Å². The molecule has 20 heavy (non-hydrogen) atoms. The molecular weight excluding hydrogens is 262 g/mol. The quantitative estimate of drug-likeness (QED) is 0.917. The van der Waals surface area contributed by atoms with Crippen molar-refractivity contribution in [2.24, 2.45) is 5.92 Å². The van der Waals surface area contributed by atoms with Gasteiger partial charge in [0.2, 0.25) is 0 Å². The summed E-state index contributed by atoms with van der Waals surface area (Å²) in [6, 6.07) is 4.06. The topological polar surface area (TPSA) is 29.5 Å². The van der Waals surface area contributed by atoms with Crippen LogP contribution in [0.5, 0.6) is 0 Å². The van der Waals surface area contributed by atoms with Gasteiger partial charge in [0.25, 0.3) is 0 Å². The predicted molar refractivity (Wildman–Crippen MR) is 73.4 cm³/mol. The van der Waals surface area contributed by atoms with Crippen LogP contribution in [-0.2, 0) is 11.2 Å².